The molecule has 0 radical (unpaired) electrons. The zero-order valence-corrected chi connectivity index (χ0v) is 14.0. The minimum atomic E-state index is -0.226. The first-order valence-electron chi connectivity index (χ1n) is 8.79. The molecular formula is C21H22N2O2. The second-order valence-corrected chi connectivity index (χ2v) is 6.93. The van der Waals surface area contributed by atoms with E-state index in [-0.39, 0.29) is 18.1 Å². The number of fused-ring (bicyclic) bond motifs is 1. The van der Waals surface area contributed by atoms with E-state index in [9.17, 15) is 9.90 Å². The van der Waals surface area contributed by atoms with Crippen LogP contribution in [0.25, 0.3) is 10.9 Å². The lowest BCUT2D eigenvalue weighted by molar-refractivity contribution is 0.0239. The van der Waals surface area contributed by atoms with Crippen LogP contribution in [0.15, 0.2) is 60.8 Å². The Hall–Kier alpha value is -2.59. The van der Waals surface area contributed by atoms with Crippen LogP contribution in [-0.2, 0) is 6.42 Å². The lowest BCUT2D eigenvalue weighted by Crippen LogP contribution is -2.48. The second kappa shape index (κ2) is 6.73. The van der Waals surface area contributed by atoms with Gasteiger partial charge in [-0.25, -0.2) is 0 Å². The quantitative estimate of drug-likeness (QED) is 0.670. The Morgan fingerprint density at radius 2 is 1.96 bits per heavy atom. The molecular weight excluding hydrogens is 312 g/mol. The van der Waals surface area contributed by atoms with Crippen molar-refractivity contribution < 1.29 is 9.90 Å². The van der Waals surface area contributed by atoms with Crippen molar-refractivity contribution in [3.8, 4) is 0 Å². The highest BCUT2D eigenvalue weighted by molar-refractivity contribution is 5.98. The van der Waals surface area contributed by atoms with Gasteiger partial charge in [-0.3, -0.25) is 4.79 Å². The maximum absolute atomic E-state index is 12.8. The number of rotatable bonds is 5. The summed E-state index contributed by atoms with van der Waals surface area (Å²) in [5, 5.41) is 13.9. The number of aliphatic hydroxyl groups is 1. The van der Waals surface area contributed by atoms with Gasteiger partial charge in [0, 0.05) is 28.7 Å². The van der Waals surface area contributed by atoms with Gasteiger partial charge in [0.05, 0.1) is 6.10 Å². The van der Waals surface area contributed by atoms with Crippen molar-refractivity contribution in [3.63, 3.8) is 0 Å². The van der Waals surface area contributed by atoms with Gasteiger partial charge in [-0.15, -0.1) is 0 Å². The Morgan fingerprint density at radius 1 is 1.16 bits per heavy atom. The SMILES string of the molecule is O=C(NC(Cc1ccccc1)C1CC(O)C1)c1ccc2[nH]ccc2c1. The lowest BCUT2D eigenvalue weighted by atomic mass is 9.75. The largest absolute Gasteiger partial charge is 0.393 e. The summed E-state index contributed by atoms with van der Waals surface area (Å²) < 4.78 is 0. The molecule has 1 aliphatic carbocycles. The van der Waals surface area contributed by atoms with Crippen LogP contribution in [0.5, 0.6) is 0 Å². The van der Waals surface area contributed by atoms with Gasteiger partial charge in [-0.05, 0) is 55.0 Å². The lowest BCUT2D eigenvalue weighted by Gasteiger charge is -2.38. The minimum Gasteiger partial charge on any atom is -0.393 e. The summed E-state index contributed by atoms with van der Waals surface area (Å²) in [5.74, 6) is 0.278. The molecule has 3 N–H and O–H groups in total. The van der Waals surface area contributed by atoms with E-state index in [0.29, 0.717) is 11.5 Å². The van der Waals surface area contributed by atoms with Gasteiger partial charge in [0.15, 0.2) is 0 Å². The van der Waals surface area contributed by atoms with Crippen LogP contribution in [0.4, 0.5) is 0 Å². The van der Waals surface area contributed by atoms with Crippen LogP contribution in [0.1, 0.15) is 28.8 Å². The van der Waals surface area contributed by atoms with Crippen molar-refractivity contribution in [1.82, 2.24) is 10.3 Å². The van der Waals surface area contributed by atoms with Crippen LogP contribution < -0.4 is 5.32 Å². The molecule has 1 heterocycles. The number of carbonyl (C=O) groups excluding carboxylic acids is 1. The number of H-pyrrole nitrogens is 1. The normalized spacial score (nSPS) is 20.8. The van der Waals surface area contributed by atoms with Gasteiger partial charge in [0.2, 0.25) is 0 Å². The number of aromatic nitrogens is 1. The van der Waals surface area contributed by atoms with Crippen LogP contribution in [0.3, 0.4) is 0 Å². The summed E-state index contributed by atoms with van der Waals surface area (Å²) in [4.78, 5) is 15.9. The first-order valence-corrected chi connectivity index (χ1v) is 8.79. The number of hydrogen-bond donors (Lipinski definition) is 3. The molecule has 3 aromatic rings. The Balaban J connectivity index is 1.51. The fraction of sp³-hybridized carbons (Fsp3) is 0.286. The average Bonchev–Trinajstić information content (AvgIpc) is 3.07. The maximum Gasteiger partial charge on any atom is 0.251 e. The van der Waals surface area contributed by atoms with Gasteiger partial charge in [0.1, 0.15) is 0 Å². The van der Waals surface area contributed by atoms with E-state index in [0.717, 1.165) is 30.2 Å². The van der Waals surface area contributed by atoms with Crippen molar-refractivity contribution in [1.29, 1.82) is 0 Å². The molecule has 4 rings (SSSR count). The zero-order valence-electron chi connectivity index (χ0n) is 14.0. The molecule has 0 aliphatic heterocycles. The minimum absolute atomic E-state index is 0.0419. The second-order valence-electron chi connectivity index (χ2n) is 6.93. The van der Waals surface area contributed by atoms with Crippen LogP contribution in [-0.4, -0.2) is 28.1 Å². The Morgan fingerprint density at radius 3 is 2.72 bits per heavy atom. The molecule has 1 unspecified atom stereocenters. The molecule has 128 valence electrons. The number of carbonyl (C=O) groups is 1. The van der Waals surface area contributed by atoms with Gasteiger partial charge in [-0.1, -0.05) is 30.3 Å². The molecule has 1 fully saturated rings. The number of nitrogens with one attached hydrogen (secondary N) is 2. The molecule has 0 saturated heterocycles. The number of hydrogen-bond acceptors (Lipinski definition) is 2. The van der Waals surface area contributed by atoms with Crippen molar-refractivity contribution in [2.24, 2.45) is 5.92 Å². The molecule has 4 nitrogen and oxygen atoms in total. The third-order valence-electron chi connectivity index (χ3n) is 5.15. The Labute approximate surface area is 146 Å². The zero-order chi connectivity index (χ0) is 17.2. The third kappa shape index (κ3) is 3.44. The van der Waals surface area contributed by atoms with E-state index in [1.54, 1.807) is 0 Å². The standard InChI is InChI=1S/C21H22N2O2/c24-18-12-17(13-18)20(10-14-4-2-1-3-5-14)23-21(25)16-6-7-19-15(11-16)8-9-22-19/h1-9,11,17-18,20,22,24H,10,12-13H2,(H,23,25). The Bertz CT molecular complexity index is 866. The van der Waals surface area contributed by atoms with E-state index in [4.69, 9.17) is 0 Å². The molecule has 0 spiro atoms. The number of aliphatic hydroxyl groups excluding tert-OH is 1. The Kier molecular flexibility index (Phi) is 4.28. The average molecular weight is 334 g/mol. The molecule has 4 heteroatoms. The number of aromatic amines is 1. The van der Waals surface area contributed by atoms with Crippen LogP contribution in [0.2, 0.25) is 0 Å². The molecule has 1 atom stereocenters. The highest BCUT2D eigenvalue weighted by Crippen LogP contribution is 2.32. The highest BCUT2D eigenvalue weighted by Gasteiger charge is 2.34. The van der Waals surface area contributed by atoms with E-state index >= 15 is 0 Å². The smallest absolute Gasteiger partial charge is 0.251 e. The highest BCUT2D eigenvalue weighted by atomic mass is 16.3. The molecule has 1 aliphatic rings. The van der Waals surface area contributed by atoms with E-state index < -0.39 is 0 Å². The number of amides is 1. The van der Waals surface area contributed by atoms with Crippen molar-refractivity contribution in [2.45, 2.75) is 31.4 Å². The van der Waals surface area contributed by atoms with Crippen molar-refractivity contribution in [2.75, 3.05) is 0 Å². The molecule has 0 bridgehead atoms. The summed E-state index contributed by atoms with van der Waals surface area (Å²) in [6.07, 6.45) is 3.95. The molecule has 1 aromatic heterocycles. The monoisotopic (exact) mass is 334 g/mol. The summed E-state index contributed by atoms with van der Waals surface area (Å²) in [7, 11) is 0. The molecule has 25 heavy (non-hydrogen) atoms. The van der Waals surface area contributed by atoms with E-state index in [1.807, 2.05) is 48.7 Å². The first-order chi connectivity index (χ1) is 12.2. The summed E-state index contributed by atoms with van der Waals surface area (Å²) in [5.41, 5.74) is 2.90. The first kappa shape index (κ1) is 15.9. The van der Waals surface area contributed by atoms with Gasteiger partial charge in [-0.2, -0.15) is 0 Å². The molecule has 1 amide bonds. The van der Waals surface area contributed by atoms with Crippen molar-refractivity contribution >= 4 is 16.8 Å². The summed E-state index contributed by atoms with van der Waals surface area (Å²) in [6.45, 7) is 0. The fourth-order valence-electron chi connectivity index (χ4n) is 3.61. The van der Waals surface area contributed by atoms with Crippen molar-refractivity contribution in [3.05, 3.63) is 71.9 Å². The predicted octanol–water partition coefficient (Wildman–Crippen LogP) is 3.28. The van der Waals surface area contributed by atoms with Crippen LogP contribution in [0, 0.1) is 5.92 Å². The topological polar surface area (TPSA) is 65.1 Å². The van der Waals surface area contributed by atoms with E-state index in [1.165, 1.54) is 5.56 Å². The number of benzene rings is 2. The third-order valence-corrected chi connectivity index (χ3v) is 5.15. The maximum atomic E-state index is 12.8. The van der Waals surface area contributed by atoms with Gasteiger partial charge in [0.25, 0.3) is 5.91 Å². The van der Waals surface area contributed by atoms with Gasteiger partial charge < -0.3 is 15.4 Å². The molecule has 1 saturated carbocycles. The summed E-state index contributed by atoms with van der Waals surface area (Å²) in [6, 6.07) is 17.9. The van der Waals surface area contributed by atoms with E-state index in [2.05, 4.69) is 22.4 Å². The predicted molar refractivity (Wildman–Crippen MR) is 98.4 cm³/mol. The fourth-order valence-corrected chi connectivity index (χ4v) is 3.61. The van der Waals surface area contributed by atoms with Crippen LogP contribution >= 0.6 is 0 Å². The molecule has 2 aromatic carbocycles. The summed E-state index contributed by atoms with van der Waals surface area (Å²) >= 11 is 0. The van der Waals surface area contributed by atoms with Gasteiger partial charge >= 0.3 is 0 Å².